The van der Waals surface area contributed by atoms with Crippen LogP contribution in [0.3, 0.4) is 0 Å². The molecule has 0 spiro atoms. The molecule has 2 heteroatoms. The van der Waals surface area contributed by atoms with Gasteiger partial charge in [-0.1, -0.05) is 6.08 Å². The maximum absolute atomic E-state index is 11.1. The zero-order chi connectivity index (χ0) is 8.10. The molecule has 0 amide bonds. The first-order chi connectivity index (χ1) is 5.34. The minimum Gasteiger partial charge on any atom is -0.505 e. The lowest BCUT2D eigenvalue weighted by atomic mass is 9.93. The van der Waals surface area contributed by atoms with Crippen molar-refractivity contribution in [2.45, 2.75) is 12.8 Å². The summed E-state index contributed by atoms with van der Waals surface area (Å²) in [6, 6.07) is 0. The van der Waals surface area contributed by atoms with Gasteiger partial charge < -0.3 is 4.74 Å². The van der Waals surface area contributed by atoms with Crippen LogP contribution in [-0.4, -0.2) is 12.9 Å². The number of carbonyl (C=O) groups is 1. The number of ketones is 1. The molecule has 11 heavy (non-hydrogen) atoms. The van der Waals surface area contributed by atoms with Gasteiger partial charge in [0.1, 0.15) is 0 Å². The van der Waals surface area contributed by atoms with Crippen molar-refractivity contribution in [1.82, 2.24) is 0 Å². The van der Waals surface area contributed by atoms with Gasteiger partial charge in [0.05, 0.1) is 13.4 Å². The van der Waals surface area contributed by atoms with Crippen LogP contribution in [0.1, 0.15) is 12.8 Å². The molecule has 0 aliphatic heterocycles. The summed E-state index contributed by atoms with van der Waals surface area (Å²) in [7, 11) is 1.58. The van der Waals surface area contributed by atoms with Gasteiger partial charge in [-0.25, -0.2) is 0 Å². The van der Waals surface area contributed by atoms with Gasteiger partial charge in [0.25, 0.3) is 0 Å². The van der Waals surface area contributed by atoms with Crippen LogP contribution in [0.4, 0.5) is 0 Å². The maximum Gasteiger partial charge on any atom is 0.162 e. The lowest BCUT2D eigenvalue weighted by molar-refractivity contribution is -0.117. The van der Waals surface area contributed by atoms with Gasteiger partial charge in [-0.3, -0.25) is 4.79 Å². The van der Waals surface area contributed by atoms with E-state index in [0.29, 0.717) is 0 Å². The van der Waals surface area contributed by atoms with Crippen LogP contribution in [0.5, 0.6) is 0 Å². The Labute approximate surface area is 66.5 Å². The molecule has 0 fully saturated rings. The number of hydrogen-bond acceptors (Lipinski definition) is 2. The minimum atomic E-state index is 0.0416. The first-order valence-electron chi connectivity index (χ1n) is 3.74. The summed E-state index contributed by atoms with van der Waals surface area (Å²) in [6.45, 7) is 0. The van der Waals surface area contributed by atoms with E-state index in [4.69, 9.17) is 4.74 Å². The van der Waals surface area contributed by atoms with Crippen molar-refractivity contribution in [1.29, 1.82) is 0 Å². The summed E-state index contributed by atoms with van der Waals surface area (Å²) < 4.78 is 4.74. The topological polar surface area (TPSA) is 26.3 Å². The highest BCUT2D eigenvalue weighted by Crippen LogP contribution is 2.15. The quantitative estimate of drug-likeness (QED) is 0.563. The zero-order valence-electron chi connectivity index (χ0n) is 6.62. The van der Waals surface area contributed by atoms with E-state index in [1.54, 1.807) is 19.4 Å². The Kier molecular flexibility index (Phi) is 2.90. The van der Waals surface area contributed by atoms with Gasteiger partial charge in [-0.05, 0) is 25.0 Å². The van der Waals surface area contributed by atoms with Crippen molar-refractivity contribution in [2.24, 2.45) is 5.92 Å². The number of hydrogen-bond donors (Lipinski definition) is 0. The molecule has 60 valence electrons. The van der Waals surface area contributed by atoms with E-state index >= 15 is 0 Å². The smallest absolute Gasteiger partial charge is 0.162 e. The number of rotatable bonds is 2. The summed E-state index contributed by atoms with van der Waals surface area (Å²) in [5.74, 6) is 0.226. The van der Waals surface area contributed by atoms with E-state index in [1.165, 1.54) is 0 Å². The van der Waals surface area contributed by atoms with Crippen molar-refractivity contribution in [3.8, 4) is 0 Å². The van der Waals surface area contributed by atoms with Crippen LogP contribution in [0.25, 0.3) is 0 Å². The third-order valence-electron chi connectivity index (χ3n) is 1.74. The van der Waals surface area contributed by atoms with E-state index in [1.807, 2.05) is 12.2 Å². The van der Waals surface area contributed by atoms with E-state index in [-0.39, 0.29) is 11.7 Å². The molecule has 0 saturated carbocycles. The second kappa shape index (κ2) is 3.96. The molecule has 0 N–H and O–H groups in total. The lowest BCUT2D eigenvalue weighted by Gasteiger charge is -2.10. The fraction of sp³-hybridized carbons (Fsp3) is 0.444. The highest BCUT2D eigenvalue weighted by molar-refractivity contribution is 5.93. The van der Waals surface area contributed by atoms with Gasteiger partial charge >= 0.3 is 0 Å². The molecule has 2 nitrogen and oxygen atoms in total. The van der Waals surface area contributed by atoms with Crippen molar-refractivity contribution in [3.05, 3.63) is 24.5 Å². The van der Waals surface area contributed by atoms with Crippen LogP contribution >= 0.6 is 0 Å². The molecule has 1 aliphatic rings. The van der Waals surface area contributed by atoms with Crippen LogP contribution in [-0.2, 0) is 9.53 Å². The Bertz CT molecular complexity index is 192. The highest BCUT2D eigenvalue weighted by Gasteiger charge is 2.14. The standard InChI is InChI=1S/C9H12O2/c1-11-7-6-8-4-2-3-5-9(8)10/h3,5-8H,2,4H2,1H3/b7-6+. The molecule has 0 saturated heterocycles. The first kappa shape index (κ1) is 8.05. The van der Waals surface area contributed by atoms with Crippen molar-refractivity contribution in [2.75, 3.05) is 7.11 Å². The van der Waals surface area contributed by atoms with Gasteiger partial charge in [-0.2, -0.15) is 0 Å². The first-order valence-corrected chi connectivity index (χ1v) is 3.74. The average molecular weight is 152 g/mol. The largest absolute Gasteiger partial charge is 0.505 e. The molecule has 0 aromatic heterocycles. The molecule has 1 aliphatic carbocycles. The van der Waals surface area contributed by atoms with E-state index in [9.17, 15) is 4.79 Å². The Morgan fingerprint density at radius 2 is 2.55 bits per heavy atom. The molecule has 0 radical (unpaired) electrons. The van der Waals surface area contributed by atoms with Crippen LogP contribution in [0.2, 0.25) is 0 Å². The van der Waals surface area contributed by atoms with Gasteiger partial charge in [0.15, 0.2) is 5.78 Å². The Morgan fingerprint density at radius 3 is 3.18 bits per heavy atom. The van der Waals surface area contributed by atoms with Gasteiger partial charge in [-0.15, -0.1) is 0 Å². The summed E-state index contributed by atoms with van der Waals surface area (Å²) in [5.41, 5.74) is 0. The summed E-state index contributed by atoms with van der Waals surface area (Å²) in [5, 5.41) is 0. The molecule has 1 unspecified atom stereocenters. The van der Waals surface area contributed by atoms with Gasteiger partial charge in [0.2, 0.25) is 0 Å². The average Bonchev–Trinajstić information content (AvgIpc) is 2.03. The number of methoxy groups -OCH3 is 1. The maximum atomic E-state index is 11.1. The third-order valence-corrected chi connectivity index (χ3v) is 1.74. The number of ether oxygens (including phenoxy) is 1. The molecular formula is C9H12O2. The molecular weight excluding hydrogens is 140 g/mol. The van der Waals surface area contributed by atoms with Crippen molar-refractivity contribution < 1.29 is 9.53 Å². The summed E-state index contributed by atoms with van der Waals surface area (Å²) >= 11 is 0. The third kappa shape index (κ3) is 2.22. The fourth-order valence-electron chi connectivity index (χ4n) is 1.11. The van der Waals surface area contributed by atoms with Crippen LogP contribution in [0, 0.1) is 5.92 Å². The summed E-state index contributed by atoms with van der Waals surface area (Å²) in [6.07, 6.45) is 8.85. The molecule has 0 aromatic carbocycles. The van der Waals surface area contributed by atoms with Crippen LogP contribution < -0.4 is 0 Å². The second-order valence-corrected chi connectivity index (χ2v) is 2.55. The molecule has 1 atom stereocenters. The normalized spacial score (nSPS) is 24.5. The Hall–Kier alpha value is -1.05. The molecule has 0 aromatic rings. The minimum absolute atomic E-state index is 0.0416. The molecule has 0 bridgehead atoms. The highest BCUT2D eigenvalue weighted by atomic mass is 16.5. The van der Waals surface area contributed by atoms with Crippen molar-refractivity contribution >= 4 is 5.78 Å². The zero-order valence-corrected chi connectivity index (χ0v) is 6.62. The monoisotopic (exact) mass is 152 g/mol. The Morgan fingerprint density at radius 1 is 1.73 bits per heavy atom. The fourth-order valence-corrected chi connectivity index (χ4v) is 1.11. The predicted octanol–water partition coefficient (Wildman–Crippen LogP) is 1.68. The summed E-state index contributed by atoms with van der Waals surface area (Å²) in [4.78, 5) is 11.1. The van der Waals surface area contributed by atoms with Gasteiger partial charge in [0, 0.05) is 5.92 Å². The SMILES string of the molecule is CO/C=C/C1CCC=CC1=O. The van der Waals surface area contributed by atoms with E-state index in [2.05, 4.69) is 0 Å². The number of carbonyl (C=O) groups excluding carboxylic acids is 1. The second-order valence-electron chi connectivity index (χ2n) is 2.55. The number of allylic oxidation sites excluding steroid dienone is 3. The molecule has 1 rings (SSSR count). The van der Waals surface area contributed by atoms with E-state index in [0.717, 1.165) is 12.8 Å². The predicted molar refractivity (Wildman–Crippen MR) is 43.0 cm³/mol. The lowest BCUT2D eigenvalue weighted by Crippen LogP contribution is -2.12. The molecule has 0 heterocycles. The Balaban J connectivity index is 2.51. The van der Waals surface area contributed by atoms with Crippen molar-refractivity contribution in [3.63, 3.8) is 0 Å². The van der Waals surface area contributed by atoms with E-state index < -0.39 is 0 Å². The van der Waals surface area contributed by atoms with Crippen LogP contribution in [0.15, 0.2) is 24.5 Å².